The fraction of sp³-hybridized carbons (Fsp3) is 0.222. The molecule has 2 aromatic heterocycles. The molecule has 4 aromatic rings. The summed E-state index contributed by atoms with van der Waals surface area (Å²) in [6.45, 7) is 3.97. The second kappa shape index (κ2) is 8.17. The lowest BCUT2D eigenvalue weighted by atomic mass is 9.85. The first-order chi connectivity index (χ1) is 15.5. The number of aromatic nitrogens is 3. The molecule has 1 aliphatic heterocycles. The lowest BCUT2D eigenvalue weighted by molar-refractivity contribution is -0.115. The van der Waals surface area contributed by atoms with E-state index < -0.39 is 0 Å². The molecule has 0 amide bonds. The van der Waals surface area contributed by atoms with Crippen LogP contribution >= 0.6 is 0 Å². The fourth-order valence-corrected chi connectivity index (χ4v) is 4.62. The number of Topliss-reactive ketones (excluding diaryl/α,β-unsaturated/α-hetero) is 1. The van der Waals surface area contributed by atoms with Crippen molar-refractivity contribution < 1.29 is 9.90 Å². The molecule has 1 aliphatic rings. The van der Waals surface area contributed by atoms with Crippen LogP contribution < -0.4 is 0 Å². The van der Waals surface area contributed by atoms with Gasteiger partial charge < -0.3 is 5.11 Å². The molecular formula is C27H25N3O2. The van der Waals surface area contributed by atoms with Crippen LogP contribution in [0.4, 0.5) is 0 Å². The van der Waals surface area contributed by atoms with Gasteiger partial charge in [0.1, 0.15) is 6.04 Å². The van der Waals surface area contributed by atoms with E-state index in [4.69, 9.17) is 0 Å². The van der Waals surface area contributed by atoms with Crippen LogP contribution in [-0.2, 0) is 24.2 Å². The molecule has 2 aromatic carbocycles. The van der Waals surface area contributed by atoms with Gasteiger partial charge in [-0.1, -0.05) is 53.6 Å². The SMILES string of the molecule is CC1=C(C(=O)Cc2ccc3cnccc3c2)C(c2ccc(C)cc2)n2nc(CO)cc2C1. The first kappa shape index (κ1) is 20.3. The molecule has 5 nitrogen and oxygen atoms in total. The highest BCUT2D eigenvalue weighted by molar-refractivity contribution is 5.99. The highest BCUT2D eigenvalue weighted by Crippen LogP contribution is 2.36. The summed E-state index contributed by atoms with van der Waals surface area (Å²) in [5, 5.41) is 16.4. The summed E-state index contributed by atoms with van der Waals surface area (Å²) < 4.78 is 1.92. The van der Waals surface area contributed by atoms with E-state index in [0.717, 1.165) is 38.7 Å². The largest absolute Gasteiger partial charge is 0.390 e. The maximum absolute atomic E-state index is 13.7. The number of ketones is 1. The smallest absolute Gasteiger partial charge is 0.165 e. The Morgan fingerprint density at radius 2 is 1.88 bits per heavy atom. The Kier molecular flexibility index (Phi) is 5.19. The third-order valence-electron chi connectivity index (χ3n) is 6.21. The van der Waals surface area contributed by atoms with E-state index in [1.807, 2.05) is 42.1 Å². The van der Waals surface area contributed by atoms with E-state index in [1.165, 1.54) is 5.56 Å². The average molecular weight is 424 g/mol. The van der Waals surface area contributed by atoms with Crippen LogP contribution in [0, 0.1) is 6.92 Å². The zero-order chi connectivity index (χ0) is 22.2. The Labute approximate surface area is 187 Å². The molecule has 3 heterocycles. The van der Waals surface area contributed by atoms with Gasteiger partial charge in [-0.25, -0.2) is 0 Å². The van der Waals surface area contributed by atoms with Crippen molar-refractivity contribution in [2.45, 2.75) is 39.3 Å². The lowest BCUT2D eigenvalue weighted by Crippen LogP contribution is -2.28. The number of pyridine rings is 1. The number of aryl methyl sites for hydroxylation is 1. The third-order valence-corrected chi connectivity index (χ3v) is 6.21. The highest BCUT2D eigenvalue weighted by Gasteiger charge is 2.32. The van der Waals surface area contributed by atoms with Gasteiger partial charge in [-0.2, -0.15) is 5.10 Å². The summed E-state index contributed by atoms with van der Waals surface area (Å²) >= 11 is 0. The van der Waals surface area contributed by atoms with Crippen LogP contribution in [-0.4, -0.2) is 25.7 Å². The summed E-state index contributed by atoms with van der Waals surface area (Å²) in [5.41, 5.74) is 6.68. The molecule has 1 unspecified atom stereocenters. The van der Waals surface area contributed by atoms with Crippen LogP contribution in [0.1, 0.15) is 41.0 Å². The monoisotopic (exact) mass is 423 g/mol. The second-order valence-electron chi connectivity index (χ2n) is 8.57. The van der Waals surface area contributed by atoms with E-state index in [0.29, 0.717) is 18.5 Å². The molecule has 5 rings (SSSR count). The predicted octanol–water partition coefficient (Wildman–Crippen LogP) is 4.51. The number of benzene rings is 2. The van der Waals surface area contributed by atoms with E-state index in [-0.39, 0.29) is 18.4 Å². The number of nitrogens with zero attached hydrogens (tertiary/aromatic N) is 3. The van der Waals surface area contributed by atoms with Gasteiger partial charge in [-0.3, -0.25) is 14.5 Å². The number of hydrogen-bond acceptors (Lipinski definition) is 4. The predicted molar refractivity (Wildman–Crippen MR) is 124 cm³/mol. The van der Waals surface area contributed by atoms with E-state index in [9.17, 15) is 9.90 Å². The van der Waals surface area contributed by atoms with Crippen molar-refractivity contribution >= 4 is 16.6 Å². The van der Waals surface area contributed by atoms with Crippen LogP contribution in [0.5, 0.6) is 0 Å². The van der Waals surface area contributed by atoms with Crippen LogP contribution in [0.3, 0.4) is 0 Å². The Morgan fingerprint density at radius 3 is 2.66 bits per heavy atom. The summed E-state index contributed by atoms with van der Waals surface area (Å²) in [6, 6.07) is 18.0. The summed E-state index contributed by atoms with van der Waals surface area (Å²) in [7, 11) is 0. The minimum absolute atomic E-state index is 0.105. The van der Waals surface area contributed by atoms with Gasteiger partial charge in [0, 0.05) is 41.9 Å². The number of hydrogen-bond donors (Lipinski definition) is 1. The number of aliphatic hydroxyl groups is 1. The molecule has 0 aliphatic carbocycles. The van der Waals surface area contributed by atoms with Crippen molar-refractivity contribution in [1.29, 1.82) is 0 Å². The summed E-state index contributed by atoms with van der Waals surface area (Å²) in [6.07, 6.45) is 4.59. The second-order valence-corrected chi connectivity index (χ2v) is 8.57. The quantitative estimate of drug-likeness (QED) is 0.513. The van der Waals surface area contributed by atoms with E-state index >= 15 is 0 Å². The van der Waals surface area contributed by atoms with Crippen LogP contribution in [0.15, 0.2) is 78.1 Å². The number of carbonyl (C=O) groups excluding carboxylic acids is 1. The minimum Gasteiger partial charge on any atom is -0.390 e. The van der Waals surface area contributed by atoms with Crippen molar-refractivity contribution in [1.82, 2.24) is 14.8 Å². The molecular weight excluding hydrogens is 398 g/mol. The molecule has 0 saturated heterocycles. The maximum atomic E-state index is 13.7. The van der Waals surface area contributed by atoms with E-state index in [1.54, 1.807) is 6.20 Å². The number of rotatable bonds is 5. The Bertz CT molecular complexity index is 1350. The summed E-state index contributed by atoms with van der Waals surface area (Å²) in [5.74, 6) is 0.105. The maximum Gasteiger partial charge on any atom is 0.165 e. The molecule has 1 N–H and O–H groups in total. The molecule has 0 saturated carbocycles. The van der Waals surface area contributed by atoms with Gasteiger partial charge >= 0.3 is 0 Å². The normalized spacial score (nSPS) is 15.8. The van der Waals surface area contributed by atoms with Crippen LogP contribution in [0.2, 0.25) is 0 Å². The van der Waals surface area contributed by atoms with Crippen molar-refractivity contribution in [2.75, 3.05) is 0 Å². The topological polar surface area (TPSA) is 68.0 Å². The highest BCUT2D eigenvalue weighted by atomic mass is 16.3. The minimum atomic E-state index is -0.295. The molecule has 0 bridgehead atoms. The average Bonchev–Trinajstić information content (AvgIpc) is 3.21. The standard InChI is InChI=1S/C27H25N3O2/c1-17-3-6-20(7-4-17)27-26(18(2)11-24-14-23(16-31)29-30(24)27)25(32)13-19-5-8-22-15-28-10-9-21(22)12-19/h3-10,12,14-15,27,31H,11,13,16H2,1-2H3. The molecule has 0 radical (unpaired) electrons. The number of fused-ring (bicyclic) bond motifs is 2. The number of carbonyl (C=O) groups is 1. The van der Waals surface area contributed by atoms with Crippen molar-refractivity contribution in [3.63, 3.8) is 0 Å². The number of aliphatic hydroxyl groups excluding tert-OH is 1. The van der Waals surface area contributed by atoms with Gasteiger partial charge in [-0.15, -0.1) is 0 Å². The van der Waals surface area contributed by atoms with Crippen LogP contribution in [0.25, 0.3) is 10.8 Å². The Balaban J connectivity index is 1.55. The van der Waals surface area contributed by atoms with Gasteiger partial charge in [0.15, 0.2) is 5.78 Å². The first-order valence-corrected chi connectivity index (χ1v) is 10.8. The summed E-state index contributed by atoms with van der Waals surface area (Å²) in [4.78, 5) is 17.9. The first-order valence-electron chi connectivity index (χ1n) is 10.8. The van der Waals surface area contributed by atoms with Crippen molar-refractivity contribution in [3.8, 4) is 0 Å². The van der Waals surface area contributed by atoms with Gasteiger partial charge in [0.05, 0.1) is 12.3 Å². The fourth-order valence-electron chi connectivity index (χ4n) is 4.62. The molecule has 1 atom stereocenters. The van der Waals surface area contributed by atoms with Crippen molar-refractivity contribution in [2.24, 2.45) is 0 Å². The molecule has 160 valence electrons. The third kappa shape index (κ3) is 3.65. The van der Waals surface area contributed by atoms with E-state index in [2.05, 4.69) is 47.3 Å². The zero-order valence-corrected chi connectivity index (χ0v) is 18.2. The Hall–Kier alpha value is -3.57. The van der Waals surface area contributed by atoms with Crippen molar-refractivity contribution in [3.05, 3.63) is 106 Å². The molecule has 5 heteroatoms. The lowest BCUT2D eigenvalue weighted by Gasteiger charge is -2.29. The number of allylic oxidation sites excluding steroid dienone is 2. The zero-order valence-electron chi connectivity index (χ0n) is 18.2. The van der Waals surface area contributed by atoms with Gasteiger partial charge in [0.2, 0.25) is 0 Å². The van der Waals surface area contributed by atoms with Gasteiger partial charge in [-0.05, 0) is 42.5 Å². The molecule has 32 heavy (non-hydrogen) atoms. The Morgan fingerprint density at radius 1 is 1.06 bits per heavy atom. The molecule has 0 spiro atoms. The molecule has 0 fully saturated rings. The van der Waals surface area contributed by atoms with Gasteiger partial charge in [0.25, 0.3) is 0 Å².